The number of aryl methyl sites for hydroxylation is 2. The molecule has 156 valence electrons. The Kier molecular flexibility index (Phi) is 5.85. The Bertz CT molecular complexity index is 1270. The maximum absolute atomic E-state index is 13.0. The molecule has 5 nitrogen and oxygen atoms in total. The van der Waals surface area contributed by atoms with Crippen molar-refractivity contribution in [1.82, 2.24) is 0 Å². The second-order valence-corrected chi connectivity index (χ2v) is 7.21. The first-order valence-corrected chi connectivity index (χ1v) is 10.0. The Labute approximate surface area is 179 Å². The molecule has 0 spiro atoms. The van der Waals surface area contributed by atoms with Gasteiger partial charge in [-0.2, -0.15) is 0 Å². The van der Waals surface area contributed by atoms with Crippen molar-refractivity contribution in [3.05, 3.63) is 94.3 Å². The van der Waals surface area contributed by atoms with Crippen molar-refractivity contribution in [3.8, 4) is 22.6 Å². The van der Waals surface area contributed by atoms with Gasteiger partial charge in [-0.15, -0.1) is 0 Å². The maximum atomic E-state index is 13.0. The van der Waals surface area contributed by atoms with Crippen LogP contribution in [0.25, 0.3) is 22.1 Å². The molecule has 0 aliphatic heterocycles. The molecule has 4 aromatic rings. The van der Waals surface area contributed by atoms with Crippen molar-refractivity contribution in [1.29, 1.82) is 0 Å². The lowest BCUT2D eigenvalue weighted by atomic mass is 10.0. The highest BCUT2D eigenvalue weighted by molar-refractivity contribution is 5.84. The molecule has 31 heavy (non-hydrogen) atoms. The lowest BCUT2D eigenvalue weighted by Crippen LogP contribution is -2.10. The van der Waals surface area contributed by atoms with Gasteiger partial charge in [-0.3, -0.25) is 9.59 Å². The predicted molar refractivity (Wildman–Crippen MR) is 120 cm³/mol. The van der Waals surface area contributed by atoms with Crippen molar-refractivity contribution < 1.29 is 18.7 Å². The van der Waals surface area contributed by atoms with Gasteiger partial charge in [-0.05, 0) is 48.7 Å². The van der Waals surface area contributed by atoms with Gasteiger partial charge in [0.1, 0.15) is 22.8 Å². The molecule has 0 N–H and O–H groups in total. The van der Waals surface area contributed by atoms with Crippen LogP contribution in [0.3, 0.4) is 0 Å². The number of esters is 1. The number of ether oxygens (including phenoxy) is 2. The second kappa shape index (κ2) is 8.88. The van der Waals surface area contributed by atoms with Crippen LogP contribution >= 0.6 is 0 Å². The van der Waals surface area contributed by atoms with E-state index >= 15 is 0 Å². The van der Waals surface area contributed by atoms with E-state index in [2.05, 4.69) is 0 Å². The molecule has 0 fully saturated rings. The number of carbonyl (C=O) groups is 1. The fourth-order valence-electron chi connectivity index (χ4n) is 3.51. The number of benzene rings is 3. The van der Waals surface area contributed by atoms with E-state index in [0.717, 1.165) is 16.9 Å². The van der Waals surface area contributed by atoms with Crippen LogP contribution in [0.4, 0.5) is 0 Å². The van der Waals surface area contributed by atoms with Gasteiger partial charge < -0.3 is 13.9 Å². The zero-order chi connectivity index (χ0) is 21.8. The summed E-state index contributed by atoms with van der Waals surface area (Å²) in [5.41, 5.74) is 2.65. The SMILES string of the molecule is COc1ccc(CCC(=O)Oc2ccc3c(=O)c(-c4ccccc4)c(C)oc3c2)cc1. The molecular weight excluding hydrogens is 392 g/mol. The van der Waals surface area contributed by atoms with Crippen LogP contribution in [0.15, 0.2) is 82.0 Å². The summed E-state index contributed by atoms with van der Waals surface area (Å²) in [5, 5.41) is 0.447. The summed E-state index contributed by atoms with van der Waals surface area (Å²) in [4.78, 5) is 25.3. The van der Waals surface area contributed by atoms with E-state index in [-0.39, 0.29) is 17.8 Å². The van der Waals surface area contributed by atoms with E-state index in [9.17, 15) is 9.59 Å². The van der Waals surface area contributed by atoms with Gasteiger partial charge in [0.25, 0.3) is 0 Å². The summed E-state index contributed by atoms with van der Waals surface area (Å²) in [6.45, 7) is 1.76. The van der Waals surface area contributed by atoms with E-state index in [0.29, 0.717) is 34.5 Å². The number of rotatable bonds is 6. The molecule has 0 atom stereocenters. The first-order chi connectivity index (χ1) is 15.0. The van der Waals surface area contributed by atoms with E-state index in [1.54, 1.807) is 32.2 Å². The van der Waals surface area contributed by atoms with Gasteiger partial charge >= 0.3 is 5.97 Å². The van der Waals surface area contributed by atoms with Gasteiger partial charge in [0, 0.05) is 12.5 Å². The molecule has 3 aromatic carbocycles. The Balaban J connectivity index is 1.51. The number of methoxy groups -OCH3 is 1. The summed E-state index contributed by atoms with van der Waals surface area (Å²) < 4.78 is 16.5. The fourth-order valence-corrected chi connectivity index (χ4v) is 3.51. The molecule has 0 aliphatic rings. The van der Waals surface area contributed by atoms with Gasteiger partial charge in [-0.1, -0.05) is 42.5 Å². The molecule has 5 heteroatoms. The molecule has 0 aliphatic carbocycles. The molecular formula is C26H22O5. The average Bonchev–Trinajstić information content (AvgIpc) is 2.78. The summed E-state index contributed by atoms with van der Waals surface area (Å²) in [5.74, 6) is 1.29. The second-order valence-electron chi connectivity index (χ2n) is 7.21. The Hall–Kier alpha value is -3.86. The Morgan fingerprint density at radius 3 is 2.35 bits per heavy atom. The standard InChI is InChI=1S/C26H22O5/c1-17-25(19-6-4-3-5-7-19)26(28)22-14-13-21(16-23(22)30-17)31-24(27)15-10-18-8-11-20(29-2)12-9-18/h3-9,11-14,16H,10,15H2,1-2H3. The molecule has 0 saturated heterocycles. The van der Waals surface area contributed by atoms with Crippen LogP contribution in [-0.2, 0) is 11.2 Å². The topological polar surface area (TPSA) is 65.7 Å². The number of hydrogen-bond donors (Lipinski definition) is 0. The highest BCUT2D eigenvalue weighted by Gasteiger charge is 2.15. The first kappa shape index (κ1) is 20.4. The summed E-state index contributed by atoms with van der Waals surface area (Å²) >= 11 is 0. The molecule has 0 unspecified atom stereocenters. The maximum Gasteiger partial charge on any atom is 0.311 e. The largest absolute Gasteiger partial charge is 0.497 e. The number of fused-ring (bicyclic) bond motifs is 1. The Morgan fingerprint density at radius 2 is 1.65 bits per heavy atom. The minimum atomic E-state index is -0.352. The molecule has 0 bridgehead atoms. The molecule has 0 amide bonds. The molecule has 1 aromatic heterocycles. The van der Waals surface area contributed by atoms with Crippen LogP contribution in [0, 0.1) is 6.92 Å². The summed E-state index contributed by atoms with van der Waals surface area (Å²) in [7, 11) is 1.61. The van der Waals surface area contributed by atoms with Gasteiger partial charge in [0.05, 0.1) is 18.1 Å². The van der Waals surface area contributed by atoms with Gasteiger partial charge in [-0.25, -0.2) is 0 Å². The zero-order valence-electron chi connectivity index (χ0n) is 17.4. The van der Waals surface area contributed by atoms with Crippen LogP contribution in [0.1, 0.15) is 17.7 Å². The smallest absolute Gasteiger partial charge is 0.311 e. The van der Waals surface area contributed by atoms with Crippen molar-refractivity contribution >= 4 is 16.9 Å². The monoisotopic (exact) mass is 414 g/mol. The van der Waals surface area contributed by atoms with E-state index in [1.165, 1.54) is 0 Å². The van der Waals surface area contributed by atoms with Gasteiger partial charge in [0.2, 0.25) is 5.43 Å². The van der Waals surface area contributed by atoms with E-state index < -0.39 is 0 Å². The molecule has 1 heterocycles. The highest BCUT2D eigenvalue weighted by Crippen LogP contribution is 2.26. The minimum absolute atomic E-state index is 0.109. The van der Waals surface area contributed by atoms with Crippen LogP contribution < -0.4 is 14.9 Å². The first-order valence-electron chi connectivity index (χ1n) is 10.0. The Morgan fingerprint density at radius 1 is 0.935 bits per heavy atom. The van der Waals surface area contributed by atoms with Crippen LogP contribution in [-0.4, -0.2) is 13.1 Å². The van der Waals surface area contributed by atoms with Crippen LogP contribution in [0.2, 0.25) is 0 Å². The molecule has 0 saturated carbocycles. The molecule has 4 rings (SSSR count). The average molecular weight is 414 g/mol. The van der Waals surface area contributed by atoms with Gasteiger partial charge in [0.15, 0.2) is 0 Å². The van der Waals surface area contributed by atoms with Crippen molar-refractivity contribution in [2.45, 2.75) is 19.8 Å². The van der Waals surface area contributed by atoms with E-state index in [1.807, 2.05) is 54.6 Å². The quantitative estimate of drug-likeness (QED) is 0.316. The number of hydrogen-bond acceptors (Lipinski definition) is 5. The lowest BCUT2D eigenvalue weighted by Gasteiger charge is -2.09. The molecule has 0 radical (unpaired) electrons. The van der Waals surface area contributed by atoms with E-state index in [4.69, 9.17) is 13.9 Å². The fraction of sp³-hybridized carbons (Fsp3) is 0.154. The van der Waals surface area contributed by atoms with Crippen LogP contribution in [0.5, 0.6) is 11.5 Å². The normalized spacial score (nSPS) is 10.8. The summed E-state index contributed by atoms with van der Waals surface area (Å²) in [6, 6.07) is 21.8. The third-order valence-corrected chi connectivity index (χ3v) is 5.11. The third-order valence-electron chi connectivity index (χ3n) is 5.11. The zero-order valence-corrected chi connectivity index (χ0v) is 17.4. The number of carbonyl (C=O) groups excluding carboxylic acids is 1. The lowest BCUT2D eigenvalue weighted by molar-refractivity contribution is -0.134. The van der Waals surface area contributed by atoms with Crippen molar-refractivity contribution in [2.24, 2.45) is 0 Å². The highest BCUT2D eigenvalue weighted by atomic mass is 16.5. The van der Waals surface area contributed by atoms with Crippen molar-refractivity contribution in [3.63, 3.8) is 0 Å². The van der Waals surface area contributed by atoms with Crippen molar-refractivity contribution in [2.75, 3.05) is 7.11 Å². The minimum Gasteiger partial charge on any atom is -0.497 e. The summed E-state index contributed by atoms with van der Waals surface area (Å²) in [6.07, 6.45) is 0.797. The third kappa shape index (κ3) is 4.51. The predicted octanol–water partition coefficient (Wildman–Crippen LogP) is 5.32.